The lowest BCUT2D eigenvalue weighted by Gasteiger charge is -2.26. The molecule has 4 heteroatoms. The molecule has 0 aromatic heterocycles. The first-order chi connectivity index (χ1) is 10.0. The van der Waals surface area contributed by atoms with E-state index in [4.69, 9.17) is 4.74 Å². The van der Waals surface area contributed by atoms with Gasteiger partial charge in [-0.15, -0.1) is 0 Å². The van der Waals surface area contributed by atoms with Crippen molar-refractivity contribution in [3.05, 3.63) is 63.2 Å². The lowest BCUT2D eigenvalue weighted by atomic mass is 10.0. The standard InChI is InChI=1S/C17H18INO2/c1-12(15-6-4-5-7-16(15)21-3)19(2)17(20)13-8-10-14(18)11-9-13/h4-12H,1-3H3. The molecule has 0 radical (unpaired) electrons. The Kier molecular flexibility index (Phi) is 5.22. The van der Waals surface area contributed by atoms with Crippen LogP contribution in [0.5, 0.6) is 5.75 Å². The molecule has 0 aliphatic heterocycles. The zero-order valence-corrected chi connectivity index (χ0v) is 14.5. The van der Waals surface area contributed by atoms with Crippen molar-refractivity contribution in [3.8, 4) is 5.75 Å². The van der Waals surface area contributed by atoms with Gasteiger partial charge >= 0.3 is 0 Å². The van der Waals surface area contributed by atoms with Gasteiger partial charge in [0.1, 0.15) is 5.75 Å². The molecule has 0 aliphatic rings. The lowest BCUT2D eigenvalue weighted by molar-refractivity contribution is 0.0741. The largest absolute Gasteiger partial charge is 0.496 e. The third kappa shape index (κ3) is 3.56. The minimum absolute atomic E-state index is 0.00445. The van der Waals surface area contributed by atoms with Gasteiger partial charge in [-0.3, -0.25) is 4.79 Å². The summed E-state index contributed by atoms with van der Waals surface area (Å²) in [7, 11) is 3.46. The Balaban J connectivity index is 2.24. The zero-order valence-electron chi connectivity index (χ0n) is 12.3. The summed E-state index contributed by atoms with van der Waals surface area (Å²) in [5.74, 6) is 0.803. The molecule has 0 saturated heterocycles. The van der Waals surface area contributed by atoms with Crippen LogP contribution in [0.2, 0.25) is 0 Å². The Morgan fingerprint density at radius 2 is 1.76 bits per heavy atom. The molecule has 1 amide bonds. The normalized spacial score (nSPS) is 11.8. The average molecular weight is 395 g/mol. The van der Waals surface area contributed by atoms with Crippen LogP contribution in [0.25, 0.3) is 0 Å². The summed E-state index contributed by atoms with van der Waals surface area (Å²) in [4.78, 5) is 14.3. The van der Waals surface area contributed by atoms with Crippen LogP contribution in [-0.4, -0.2) is 25.0 Å². The van der Waals surface area contributed by atoms with E-state index in [1.165, 1.54) is 0 Å². The fraction of sp³-hybridized carbons (Fsp3) is 0.235. The second kappa shape index (κ2) is 6.93. The average Bonchev–Trinajstić information content (AvgIpc) is 2.53. The van der Waals surface area contributed by atoms with Gasteiger partial charge in [0, 0.05) is 21.7 Å². The van der Waals surface area contributed by atoms with Crippen molar-refractivity contribution in [2.75, 3.05) is 14.2 Å². The summed E-state index contributed by atoms with van der Waals surface area (Å²) in [6.07, 6.45) is 0. The number of hydrogen-bond donors (Lipinski definition) is 0. The van der Waals surface area contributed by atoms with E-state index in [0.717, 1.165) is 14.9 Å². The smallest absolute Gasteiger partial charge is 0.254 e. The Morgan fingerprint density at radius 1 is 1.14 bits per heavy atom. The van der Waals surface area contributed by atoms with Crippen LogP contribution in [-0.2, 0) is 0 Å². The van der Waals surface area contributed by atoms with Crippen LogP contribution in [0.3, 0.4) is 0 Å². The molecular weight excluding hydrogens is 377 g/mol. The van der Waals surface area contributed by atoms with Crippen LogP contribution >= 0.6 is 22.6 Å². The number of halogens is 1. The van der Waals surface area contributed by atoms with Gasteiger partial charge in [-0.25, -0.2) is 0 Å². The quantitative estimate of drug-likeness (QED) is 0.729. The summed E-state index contributed by atoms with van der Waals surface area (Å²) in [5, 5.41) is 0. The van der Waals surface area contributed by atoms with E-state index in [2.05, 4.69) is 22.6 Å². The van der Waals surface area contributed by atoms with E-state index in [1.807, 2.05) is 62.5 Å². The molecule has 110 valence electrons. The molecule has 0 saturated carbocycles. The van der Waals surface area contributed by atoms with Gasteiger partial charge in [0.25, 0.3) is 5.91 Å². The van der Waals surface area contributed by atoms with Gasteiger partial charge in [0.2, 0.25) is 0 Å². The molecule has 0 N–H and O–H groups in total. The molecule has 2 aromatic carbocycles. The van der Waals surface area contributed by atoms with Crippen LogP contribution in [0.15, 0.2) is 48.5 Å². The second-order valence-corrected chi connectivity index (χ2v) is 6.09. The summed E-state index contributed by atoms with van der Waals surface area (Å²) >= 11 is 2.23. The van der Waals surface area contributed by atoms with Crippen molar-refractivity contribution in [1.29, 1.82) is 0 Å². The topological polar surface area (TPSA) is 29.5 Å². The number of rotatable bonds is 4. The highest BCUT2D eigenvalue weighted by molar-refractivity contribution is 14.1. The fourth-order valence-electron chi connectivity index (χ4n) is 2.19. The van der Waals surface area contributed by atoms with E-state index >= 15 is 0 Å². The van der Waals surface area contributed by atoms with E-state index in [-0.39, 0.29) is 11.9 Å². The van der Waals surface area contributed by atoms with Gasteiger partial charge < -0.3 is 9.64 Å². The monoisotopic (exact) mass is 395 g/mol. The van der Waals surface area contributed by atoms with Crippen molar-refractivity contribution < 1.29 is 9.53 Å². The highest BCUT2D eigenvalue weighted by atomic mass is 127. The van der Waals surface area contributed by atoms with Gasteiger partial charge in [-0.2, -0.15) is 0 Å². The third-order valence-electron chi connectivity index (χ3n) is 3.58. The van der Waals surface area contributed by atoms with E-state index in [9.17, 15) is 4.79 Å². The molecule has 2 aromatic rings. The van der Waals surface area contributed by atoms with Crippen molar-refractivity contribution in [2.24, 2.45) is 0 Å². The Labute approximate surface area is 139 Å². The zero-order chi connectivity index (χ0) is 15.4. The molecule has 0 spiro atoms. The number of carbonyl (C=O) groups excluding carboxylic acids is 1. The predicted molar refractivity (Wildman–Crippen MR) is 92.7 cm³/mol. The predicted octanol–water partition coefficient (Wildman–Crippen LogP) is 4.13. The molecule has 1 atom stereocenters. The third-order valence-corrected chi connectivity index (χ3v) is 4.30. The van der Waals surface area contributed by atoms with E-state index < -0.39 is 0 Å². The highest BCUT2D eigenvalue weighted by Crippen LogP contribution is 2.28. The van der Waals surface area contributed by atoms with Gasteiger partial charge in [0.05, 0.1) is 13.2 Å². The van der Waals surface area contributed by atoms with Crippen molar-refractivity contribution in [2.45, 2.75) is 13.0 Å². The summed E-state index contributed by atoms with van der Waals surface area (Å²) in [6.45, 7) is 2.00. The fourth-order valence-corrected chi connectivity index (χ4v) is 2.55. The van der Waals surface area contributed by atoms with Gasteiger partial charge in [-0.05, 0) is 59.8 Å². The lowest BCUT2D eigenvalue weighted by Crippen LogP contribution is -2.29. The minimum atomic E-state index is -0.0621. The molecule has 0 aliphatic carbocycles. The van der Waals surface area contributed by atoms with Crippen LogP contribution in [0, 0.1) is 3.57 Å². The van der Waals surface area contributed by atoms with E-state index in [1.54, 1.807) is 12.0 Å². The summed E-state index contributed by atoms with van der Waals surface area (Å²) < 4.78 is 6.49. The van der Waals surface area contributed by atoms with Crippen LogP contribution in [0.1, 0.15) is 28.9 Å². The number of methoxy groups -OCH3 is 1. The SMILES string of the molecule is COc1ccccc1C(C)N(C)C(=O)c1ccc(I)cc1. The number of hydrogen-bond acceptors (Lipinski definition) is 2. The molecular formula is C17H18INO2. The molecule has 2 rings (SSSR count). The van der Waals surface area contributed by atoms with Gasteiger partial charge in [0.15, 0.2) is 0 Å². The molecule has 21 heavy (non-hydrogen) atoms. The van der Waals surface area contributed by atoms with Crippen molar-refractivity contribution in [1.82, 2.24) is 4.90 Å². The maximum absolute atomic E-state index is 12.6. The number of amides is 1. The Morgan fingerprint density at radius 3 is 2.38 bits per heavy atom. The van der Waals surface area contributed by atoms with Crippen LogP contribution in [0.4, 0.5) is 0 Å². The molecule has 0 fully saturated rings. The number of nitrogens with zero attached hydrogens (tertiary/aromatic N) is 1. The minimum Gasteiger partial charge on any atom is -0.496 e. The van der Waals surface area contributed by atoms with Gasteiger partial charge in [-0.1, -0.05) is 18.2 Å². The van der Waals surface area contributed by atoms with Crippen LogP contribution < -0.4 is 4.74 Å². The van der Waals surface area contributed by atoms with Crippen molar-refractivity contribution >= 4 is 28.5 Å². The highest BCUT2D eigenvalue weighted by Gasteiger charge is 2.21. The molecule has 0 bridgehead atoms. The molecule has 0 heterocycles. The number of para-hydroxylation sites is 1. The number of ether oxygens (including phenoxy) is 1. The first kappa shape index (κ1) is 15.8. The van der Waals surface area contributed by atoms with E-state index in [0.29, 0.717) is 5.56 Å². The molecule has 3 nitrogen and oxygen atoms in total. The Hall–Kier alpha value is -1.56. The maximum atomic E-state index is 12.6. The summed E-state index contributed by atoms with van der Waals surface area (Å²) in [5.41, 5.74) is 1.70. The first-order valence-corrected chi connectivity index (χ1v) is 7.78. The maximum Gasteiger partial charge on any atom is 0.254 e. The number of carbonyl (C=O) groups is 1. The summed E-state index contributed by atoms with van der Waals surface area (Å²) in [6, 6.07) is 15.3. The molecule has 1 unspecified atom stereocenters. The Bertz CT molecular complexity index is 625. The second-order valence-electron chi connectivity index (χ2n) is 4.84. The van der Waals surface area contributed by atoms with Crippen molar-refractivity contribution in [3.63, 3.8) is 0 Å². The number of benzene rings is 2. The first-order valence-electron chi connectivity index (χ1n) is 6.70.